The lowest BCUT2D eigenvalue weighted by atomic mass is 10.1. The number of hydrogen-bond donors (Lipinski definition) is 1. The van der Waals surface area contributed by atoms with Crippen molar-refractivity contribution in [3.63, 3.8) is 0 Å². The average Bonchev–Trinajstić information content (AvgIpc) is 2.41. The fraction of sp³-hybridized carbons (Fsp3) is 0.500. The number of benzene rings is 1. The van der Waals surface area contributed by atoms with E-state index in [1.807, 2.05) is 0 Å². The van der Waals surface area contributed by atoms with Gasteiger partial charge in [0.2, 0.25) is 0 Å². The Balaban J connectivity index is 0.00000180. The van der Waals surface area contributed by atoms with Crippen molar-refractivity contribution in [1.29, 1.82) is 0 Å². The SMILES string of the molecule is CN=C(N)N1CCN(c2cccc(C)c2C)CC1.I. The molecule has 1 aromatic rings. The lowest BCUT2D eigenvalue weighted by molar-refractivity contribution is 0.381. The van der Waals surface area contributed by atoms with Crippen LogP contribution in [0.3, 0.4) is 0 Å². The van der Waals surface area contributed by atoms with Crippen LogP contribution in [-0.4, -0.2) is 44.1 Å². The number of guanidine groups is 1. The molecule has 4 nitrogen and oxygen atoms in total. The zero-order valence-electron chi connectivity index (χ0n) is 11.9. The molecule has 1 saturated heterocycles. The Morgan fingerprint density at radius 2 is 1.79 bits per heavy atom. The van der Waals surface area contributed by atoms with E-state index >= 15 is 0 Å². The van der Waals surface area contributed by atoms with Crippen molar-refractivity contribution in [2.45, 2.75) is 13.8 Å². The van der Waals surface area contributed by atoms with Crippen LogP contribution in [0, 0.1) is 13.8 Å². The summed E-state index contributed by atoms with van der Waals surface area (Å²) >= 11 is 0. The highest BCUT2D eigenvalue weighted by molar-refractivity contribution is 14.0. The Kier molecular flexibility index (Phi) is 5.90. The first kappa shape index (κ1) is 16.1. The van der Waals surface area contributed by atoms with Crippen molar-refractivity contribution in [2.75, 3.05) is 38.1 Å². The first-order valence-electron chi connectivity index (χ1n) is 6.42. The third-order valence-electron chi connectivity index (χ3n) is 3.75. The van der Waals surface area contributed by atoms with Gasteiger partial charge < -0.3 is 15.5 Å². The summed E-state index contributed by atoms with van der Waals surface area (Å²) in [5.74, 6) is 0.649. The second-order valence-electron chi connectivity index (χ2n) is 4.77. The van der Waals surface area contributed by atoms with Gasteiger partial charge in [0.25, 0.3) is 0 Å². The quantitative estimate of drug-likeness (QED) is 0.465. The number of halogens is 1. The van der Waals surface area contributed by atoms with Gasteiger partial charge in [-0.25, -0.2) is 0 Å². The van der Waals surface area contributed by atoms with Crippen LogP contribution in [0.15, 0.2) is 23.2 Å². The van der Waals surface area contributed by atoms with Crippen LogP contribution < -0.4 is 10.6 Å². The third kappa shape index (κ3) is 3.52. The minimum Gasteiger partial charge on any atom is -0.370 e. The number of nitrogens with zero attached hydrogens (tertiary/aromatic N) is 3. The average molecular weight is 374 g/mol. The topological polar surface area (TPSA) is 44.9 Å². The molecular formula is C14H23IN4. The van der Waals surface area contributed by atoms with E-state index < -0.39 is 0 Å². The number of nitrogens with two attached hydrogens (primary N) is 1. The van der Waals surface area contributed by atoms with Gasteiger partial charge in [0.05, 0.1) is 0 Å². The molecule has 1 aromatic carbocycles. The highest BCUT2D eigenvalue weighted by Crippen LogP contribution is 2.23. The molecule has 0 amide bonds. The molecule has 2 rings (SSSR count). The van der Waals surface area contributed by atoms with Crippen molar-refractivity contribution in [3.05, 3.63) is 29.3 Å². The van der Waals surface area contributed by atoms with Crippen molar-refractivity contribution in [1.82, 2.24) is 4.90 Å². The maximum atomic E-state index is 5.84. The predicted molar refractivity (Wildman–Crippen MR) is 92.7 cm³/mol. The molecule has 0 bridgehead atoms. The molecule has 1 aliphatic rings. The maximum absolute atomic E-state index is 5.84. The summed E-state index contributed by atoms with van der Waals surface area (Å²) in [7, 11) is 1.74. The van der Waals surface area contributed by atoms with E-state index in [4.69, 9.17) is 5.73 Å². The standard InChI is InChI=1S/C14H22N4.HI/c1-11-5-4-6-13(12(11)2)17-7-9-18(10-8-17)14(15)16-3;/h4-6H,7-10H2,1-3H3,(H2,15,16);1H. The Hall–Kier alpha value is -0.980. The van der Waals surface area contributed by atoms with E-state index in [2.05, 4.69) is 46.8 Å². The fourth-order valence-electron chi connectivity index (χ4n) is 2.40. The number of piperazine rings is 1. The summed E-state index contributed by atoms with van der Waals surface area (Å²) < 4.78 is 0. The highest BCUT2D eigenvalue weighted by Gasteiger charge is 2.19. The molecule has 0 saturated carbocycles. The molecule has 1 heterocycles. The molecular weight excluding hydrogens is 351 g/mol. The minimum absolute atomic E-state index is 0. The fourth-order valence-corrected chi connectivity index (χ4v) is 2.40. The second-order valence-corrected chi connectivity index (χ2v) is 4.77. The molecule has 106 valence electrons. The van der Waals surface area contributed by atoms with Gasteiger partial charge in [0, 0.05) is 38.9 Å². The molecule has 0 aliphatic carbocycles. The first-order valence-corrected chi connectivity index (χ1v) is 6.42. The largest absolute Gasteiger partial charge is 0.370 e. The Labute approximate surface area is 132 Å². The Bertz CT molecular complexity index is 451. The van der Waals surface area contributed by atoms with Crippen molar-refractivity contribution >= 4 is 35.6 Å². The summed E-state index contributed by atoms with van der Waals surface area (Å²) in [5.41, 5.74) is 9.92. The molecule has 0 aromatic heterocycles. The smallest absolute Gasteiger partial charge is 0.191 e. The van der Waals surface area contributed by atoms with E-state index in [9.17, 15) is 0 Å². The molecule has 2 N–H and O–H groups in total. The van der Waals surface area contributed by atoms with Gasteiger partial charge in [-0.2, -0.15) is 0 Å². The lowest BCUT2D eigenvalue weighted by Crippen LogP contribution is -2.51. The zero-order valence-corrected chi connectivity index (χ0v) is 14.2. The van der Waals surface area contributed by atoms with Gasteiger partial charge in [-0.3, -0.25) is 4.99 Å². The summed E-state index contributed by atoms with van der Waals surface area (Å²) in [4.78, 5) is 8.62. The summed E-state index contributed by atoms with van der Waals surface area (Å²) in [5, 5.41) is 0. The van der Waals surface area contributed by atoms with Crippen LogP contribution in [0.5, 0.6) is 0 Å². The first-order chi connectivity index (χ1) is 8.63. The van der Waals surface area contributed by atoms with Crippen LogP contribution in [0.4, 0.5) is 5.69 Å². The minimum atomic E-state index is 0. The van der Waals surface area contributed by atoms with Crippen LogP contribution in [0.1, 0.15) is 11.1 Å². The number of hydrogen-bond acceptors (Lipinski definition) is 2. The van der Waals surface area contributed by atoms with Crippen LogP contribution in [-0.2, 0) is 0 Å². The molecule has 19 heavy (non-hydrogen) atoms. The molecule has 1 aliphatic heterocycles. The van der Waals surface area contributed by atoms with Crippen molar-refractivity contribution in [3.8, 4) is 0 Å². The van der Waals surface area contributed by atoms with Crippen LogP contribution in [0.2, 0.25) is 0 Å². The monoisotopic (exact) mass is 374 g/mol. The van der Waals surface area contributed by atoms with Gasteiger partial charge in [0.15, 0.2) is 5.96 Å². The van der Waals surface area contributed by atoms with Crippen molar-refractivity contribution < 1.29 is 0 Å². The van der Waals surface area contributed by atoms with Crippen LogP contribution >= 0.6 is 24.0 Å². The van der Waals surface area contributed by atoms with Gasteiger partial charge in [0.1, 0.15) is 0 Å². The second kappa shape index (κ2) is 6.98. The van der Waals surface area contributed by atoms with Crippen molar-refractivity contribution in [2.24, 2.45) is 10.7 Å². The van der Waals surface area contributed by atoms with E-state index in [0.717, 1.165) is 26.2 Å². The van der Waals surface area contributed by atoms with E-state index in [-0.39, 0.29) is 24.0 Å². The third-order valence-corrected chi connectivity index (χ3v) is 3.75. The summed E-state index contributed by atoms with van der Waals surface area (Å²) in [6.07, 6.45) is 0. The summed E-state index contributed by atoms with van der Waals surface area (Å²) in [6, 6.07) is 6.50. The van der Waals surface area contributed by atoms with Gasteiger partial charge in [-0.05, 0) is 31.0 Å². The predicted octanol–water partition coefficient (Wildman–Crippen LogP) is 1.99. The van der Waals surface area contributed by atoms with Gasteiger partial charge >= 0.3 is 0 Å². The molecule has 0 radical (unpaired) electrons. The molecule has 0 atom stereocenters. The molecule has 5 heteroatoms. The number of aryl methyl sites for hydroxylation is 1. The number of anilines is 1. The van der Waals surface area contributed by atoms with Crippen LogP contribution in [0.25, 0.3) is 0 Å². The number of aliphatic imine (C=N–C) groups is 1. The normalized spacial score (nSPS) is 16.3. The van der Waals surface area contributed by atoms with Gasteiger partial charge in [-0.1, -0.05) is 12.1 Å². The van der Waals surface area contributed by atoms with Gasteiger partial charge in [-0.15, -0.1) is 24.0 Å². The van der Waals surface area contributed by atoms with E-state index in [1.54, 1.807) is 7.05 Å². The molecule has 1 fully saturated rings. The number of rotatable bonds is 1. The zero-order chi connectivity index (χ0) is 13.1. The van der Waals surface area contributed by atoms with E-state index in [1.165, 1.54) is 16.8 Å². The highest BCUT2D eigenvalue weighted by atomic mass is 127. The Morgan fingerprint density at radius 1 is 1.16 bits per heavy atom. The maximum Gasteiger partial charge on any atom is 0.191 e. The molecule has 0 spiro atoms. The molecule has 0 unspecified atom stereocenters. The lowest BCUT2D eigenvalue weighted by Gasteiger charge is -2.37. The summed E-state index contributed by atoms with van der Waals surface area (Å²) in [6.45, 7) is 8.24. The Morgan fingerprint density at radius 3 is 2.37 bits per heavy atom. The van der Waals surface area contributed by atoms with E-state index in [0.29, 0.717) is 5.96 Å².